The van der Waals surface area contributed by atoms with Gasteiger partial charge in [0, 0.05) is 43.3 Å². The molecule has 5 rings (SSSR count). The summed E-state index contributed by atoms with van der Waals surface area (Å²) in [5.41, 5.74) is 1.60. The minimum Gasteiger partial charge on any atom is -0.381 e. The molecule has 31 heavy (non-hydrogen) atoms. The van der Waals surface area contributed by atoms with Crippen molar-refractivity contribution in [1.29, 1.82) is 0 Å². The highest BCUT2D eigenvalue weighted by Crippen LogP contribution is 2.39. The number of hydrogen-bond acceptors (Lipinski definition) is 8. The van der Waals surface area contributed by atoms with Crippen LogP contribution in [0.3, 0.4) is 0 Å². The second kappa shape index (κ2) is 9.27. The van der Waals surface area contributed by atoms with E-state index in [9.17, 15) is 0 Å². The van der Waals surface area contributed by atoms with Gasteiger partial charge in [0.15, 0.2) is 0 Å². The Bertz CT molecular complexity index is 903. The van der Waals surface area contributed by atoms with Crippen LogP contribution in [0.25, 0.3) is 10.2 Å². The van der Waals surface area contributed by atoms with E-state index in [1.54, 1.807) is 0 Å². The van der Waals surface area contributed by atoms with Gasteiger partial charge >= 0.3 is 0 Å². The van der Waals surface area contributed by atoms with E-state index in [1.807, 2.05) is 11.3 Å². The summed E-state index contributed by atoms with van der Waals surface area (Å²) in [5, 5.41) is 5.09. The lowest BCUT2D eigenvalue weighted by molar-refractivity contribution is -0.000659. The van der Waals surface area contributed by atoms with Crippen LogP contribution in [0.4, 0.5) is 5.82 Å². The summed E-state index contributed by atoms with van der Waals surface area (Å²) in [6, 6.07) is 0. The maximum atomic E-state index is 5.67. The van der Waals surface area contributed by atoms with Crippen molar-refractivity contribution in [2.75, 3.05) is 65.5 Å². The van der Waals surface area contributed by atoms with Gasteiger partial charge in [0.25, 0.3) is 0 Å². The van der Waals surface area contributed by atoms with Crippen molar-refractivity contribution in [2.24, 2.45) is 0 Å². The zero-order chi connectivity index (χ0) is 21.3. The number of thiophene rings is 1. The van der Waals surface area contributed by atoms with Crippen molar-refractivity contribution < 1.29 is 9.47 Å². The molecule has 2 aromatic rings. The zero-order valence-corrected chi connectivity index (χ0v) is 19.7. The molecule has 0 radical (unpaired) electrons. The van der Waals surface area contributed by atoms with Crippen LogP contribution < -0.4 is 5.32 Å². The molecule has 8 heteroatoms. The third kappa shape index (κ3) is 4.46. The minimum atomic E-state index is 0.107. The Morgan fingerprint density at radius 1 is 1.03 bits per heavy atom. The van der Waals surface area contributed by atoms with E-state index < -0.39 is 0 Å². The molecule has 0 aromatic carbocycles. The van der Waals surface area contributed by atoms with E-state index >= 15 is 0 Å². The molecule has 2 saturated heterocycles. The van der Waals surface area contributed by atoms with Gasteiger partial charge in [0.1, 0.15) is 16.5 Å². The van der Waals surface area contributed by atoms with Gasteiger partial charge in [0.05, 0.1) is 25.1 Å². The maximum Gasteiger partial charge on any atom is 0.146 e. The quantitative estimate of drug-likeness (QED) is 0.733. The van der Waals surface area contributed by atoms with Crippen LogP contribution in [0.15, 0.2) is 0 Å². The summed E-state index contributed by atoms with van der Waals surface area (Å²) in [7, 11) is 4.39. The molecule has 2 aliphatic heterocycles. The molecule has 4 heterocycles. The Hall–Kier alpha value is -1.32. The number of ether oxygens (including phenoxy) is 2. The van der Waals surface area contributed by atoms with Crippen molar-refractivity contribution in [3.8, 4) is 0 Å². The first-order chi connectivity index (χ1) is 15.1. The lowest BCUT2D eigenvalue weighted by atomic mass is 9.88. The van der Waals surface area contributed by atoms with E-state index in [0.717, 1.165) is 83.5 Å². The molecule has 2 fully saturated rings. The van der Waals surface area contributed by atoms with Gasteiger partial charge in [-0.3, -0.25) is 4.90 Å². The molecule has 0 atom stereocenters. The molecule has 2 aromatic heterocycles. The lowest BCUT2D eigenvalue weighted by Crippen LogP contribution is -2.53. The smallest absolute Gasteiger partial charge is 0.146 e. The molecule has 0 saturated carbocycles. The Labute approximate surface area is 189 Å². The number of anilines is 1. The van der Waals surface area contributed by atoms with Crippen molar-refractivity contribution in [3.05, 3.63) is 16.3 Å². The molecule has 0 spiro atoms. The fourth-order valence-electron chi connectivity index (χ4n) is 5.14. The van der Waals surface area contributed by atoms with Crippen molar-refractivity contribution in [3.63, 3.8) is 0 Å². The van der Waals surface area contributed by atoms with E-state index in [0.29, 0.717) is 0 Å². The Morgan fingerprint density at radius 2 is 1.77 bits per heavy atom. The molecule has 0 amide bonds. The predicted molar refractivity (Wildman–Crippen MR) is 125 cm³/mol. The summed E-state index contributed by atoms with van der Waals surface area (Å²) in [6.07, 6.45) is 7.00. The van der Waals surface area contributed by atoms with Crippen LogP contribution >= 0.6 is 11.3 Å². The fraction of sp³-hybridized carbons (Fsp3) is 0.739. The number of aryl methyl sites for hydroxylation is 2. The second-order valence-electron chi connectivity index (χ2n) is 9.35. The number of fused-ring (bicyclic) bond motifs is 3. The highest BCUT2D eigenvalue weighted by atomic mass is 32.1. The Kier molecular flexibility index (Phi) is 6.44. The van der Waals surface area contributed by atoms with Crippen LogP contribution in [-0.4, -0.2) is 85.5 Å². The lowest BCUT2D eigenvalue weighted by Gasteiger charge is -2.43. The number of rotatable bonds is 6. The molecule has 3 aliphatic rings. The first-order valence-electron chi connectivity index (χ1n) is 11.7. The first-order valence-corrected chi connectivity index (χ1v) is 12.6. The van der Waals surface area contributed by atoms with E-state index in [1.165, 1.54) is 39.9 Å². The zero-order valence-electron chi connectivity index (χ0n) is 18.9. The number of hydrogen-bond donors (Lipinski definition) is 1. The number of aromatic nitrogens is 2. The highest BCUT2D eigenvalue weighted by molar-refractivity contribution is 7.19. The Balaban J connectivity index is 1.47. The van der Waals surface area contributed by atoms with Gasteiger partial charge in [-0.1, -0.05) is 0 Å². The second-order valence-corrected chi connectivity index (χ2v) is 10.4. The molecule has 0 bridgehead atoms. The van der Waals surface area contributed by atoms with Crippen LogP contribution in [0.2, 0.25) is 0 Å². The van der Waals surface area contributed by atoms with Gasteiger partial charge in [-0.2, -0.15) is 0 Å². The average molecular weight is 446 g/mol. The first kappa shape index (κ1) is 21.5. The molecule has 0 unspecified atom stereocenters. The standard InChI is InChI=1S/C23H35N5O2S/c1-27(2)23(7-11-29-12-8-23)16-24-21-20-17-5-3-4-6-18(17)31-22(20)26-19(25-21)15-28-9-13-30-14-10-28/h3-16H2,1-2H3,(H,24,25,26). The van der Waals surface area contributed by atoms with Crippen LogP contribution in [0, 0.1) is 0 Å². The summed E-state index contributed by atoms with van der Waals surface area (Å²) >= 11 is 1.89. The maximum absolute atomic E-state index is 5.67. The van der Waals surface area contributed by atoms with Crippen molar-refractivity contribution in [2.45, 2.75) is 50.6 Å². The SMILES string of the molecule is CN(C)C1(CNc2nc(CN3CCOCC3)nc3sc4c(c23)CCCC4)CCOCC1. The topological polar surface area (TPSA) is 62.8 Å². The largest absolute Gasteiger partial charge is 0.381 e. The van der Waals surface area contributed by atoms with E-state index in [2.05, 4.69) is 29.2 Å². The summed E-state index contributed by atoms with van der Waals surface area (Å²) < 4.78 is 11.2. The van der Waals surface area contributed by atoms with Gasteiger partial charge < -0.3 is 19.7 Å². The van der Waals surface area contributed by atoms with Crippen LogP contribution in [0.5, 0.6) is 0 Å². The monoisotopic (exact) mass is 445 g/mol. The van der Waals surface area contributed by atoms with Gasteiger partial charge in [-0.05, 0) is 58.2 Å². The average Bonchev–Trinajstić information content (AvgIpc) is 3.17. The van der Waals surface area contributed by atoms with Crippen molar-refractivity contribution in [1.82, 2.24) is 19.8 Å². The van der Waals surface area contributed by atoms with Gasteiger partial charge in [-0.15, -0.1) is 11.3 Å². The van der Waals surface area contributed by atoms with Crippen molar-refractivity contribution >= 4 is 27.4 Å². The molecule has 170 valence electrons. The summed E-state index contributed by atoms with van der Waals surface area (Å²) in [5.74, 6) is 1.97. The van der Waals surface area contributed by atoms with Gasteiger partial charge in [0.2, 0.25) is 0 Å². The number of nitrogens with zero attached hydrogens (tertiary/aromatic N) is 4. The molecule has 1 aliphatic carbocycles. The summed E-state index contributed by atoms with van der Waals surface area (Å²) in [6.45, 7) is 6.84. The molecular formula is C23H35N5O2S. The Morgan fingerprint density at radius 3 is 2.55 bits per heavy atom. The normalized spacial score (nSPS) is 22.0. The van der Waals surface area contributed by atoms with E-state index in [4.69, 9.17) is 19.4 Å². The molecule has 7 nitrogen and oxygen atoms in total. The highest BCUT2D eigenvalue weighted by Gasteiger charge is 2.35. The van der Waals surface area contributed by atoms with Gasteiger partial charge in [-0.25, -0.2) is 9.97 Å². The minimum absolute atomic E-state index is 0.107. The van der Waals surface area contributed by atoms with Crippen LogP contribution in [0.1, 0.15) is 41.9 Å². The third-order valence-corrected chi connectivity index (χ3v) is 8.47. The fourth-order valence-corrected chi connectivity index (χ4v) is 6.42. The number of nitrogens with one attached hydrogen (secondary N) is 1. The third-order valence-electron chi connectivity index (χ3n) is 7.29. The molecular weight excluding hydrogens is 410 g/mol. The van der Waals surface area contributed by atoms with Crippen LogP contribution in [-0.2, 0) is 28.9 Å². The molecule has 1 N–H and O–H groups in total. The number of likely N-dealkylation sites (N-methyl/N-ethyl adjacent to an activating group) is 1. The number of morpholine rings is 1. The predicted octanol–water partition coefficient (Wildman–Crippen LogP) is 2.93. The van der Waals surface area contributed by atoms with E-state index in [-0.39, 0.29) is 5.54 Å². The summed E-state index contributed by atoms with van der Waals surface area (Å²) in [4.78, 5) is 17.6.